The number of imidazole rings is 1. The number of anilines is 1. The second kappa shape index (κ2) is 6.85. The highest BCUT2D eigenvalue weighted by Gasteiger charge is 2.38. The van der Waals surface area contributed by atoms with Crippen molar-refractivity contribution >= 4 is 28.7 Å². The molecule has 4 heterocycles. The topological polar surface area (TPSA) is 70.3 Å². The summed E-state index contributed by atoms with van der Waals surface area (Å²) in [6, 6.07) is 3.86. The van der Waals surface area contributed by atoms with Gasteiger partial charge in [0.1, 0.15) is 17.4 Å². The Bertz CT molecular complexity index is 1070. The summed E-state index contributed by atoms with van der Waals surface area (Å²) < 4.78 is 1.88. The number of nitrogens with zero attached hydrogens (tertiary/aromatic N) is 6. The van der Waals surface area contributed by atoms with Crippen LogP contribution in [-0.2, 0) is 7.05 Å². The molecule has 0 bridgehead atoms. The van der Waals surface area contributed by atoms with Gasteiger partial charge in [-0.3, -0.25) is 0 Å². The van der Waals surface area contributed by atoms with Gasteiger partial charge in [-0.15, -0.1) is 0 Å². The number of rotatable bonds is 2. The number of piperidine rings is 1. The lowest BCUT2D eigenvalue weighted by Crippen LogP contribution is -2.46. The maximum Gasteiger partial charge on any atom is 0.200 e. The molecule has 0 saturated carbocycles. The van der Waals surface area contributed by atoms with E-state index in [9.17, 15) is 5.11 Å². The quantitative estimate of drug-likeness (QED) is 0.696. The Morgan fingerprint density at radius 3 is 2.72 bits per heavy atom. The first-order valence-electron chi connectivity index (χ1n) is 10.1. The number of likely N-dealkylation sites (tertiary alicyclic amines) is 1. The fourth-order valence-corrected chi connectivity index (χ4v) is 5.18. The zero-order valence-corrected chi connectivity index (χ0v) is 17.7. The van der Waals surface area contributed by atoms with Crippen LogP contribution < -0.4 is 4.90 Å². The Labute approximate surface area is 175 Å². The van der Waals surface area contributed by atoms with Gasteiger partial charge >= 0.3 is 0 Å². The molecular weight excluding hydrogens is 388 g/mol. The minimum absolute atomic E-state index is 0.112. The average Bonchev–Trinajstić information content (AvgIpc) is 3.22. The molecule has 0 amide bonds. The maximum absolute atomic E-state index is 10.5. The highest BCUT2D eigenvalue weighted by atomic mass is 35.5. The van der Waals surface area contributed by atoms with Crippen molar-refractivity contribution in [2.45, 2.75) is 25.8 Å². The molecule has 1 aromatic carbocycles. The summed E-state index contributed by atoms with van der Waals surface area (Å²) in [5.74, 6) is 2.38. The Hall–Kier alpha value is -2.38. The van der Waals surface area contributed by atoms with Crippen molar-refractivity contribution in [1.29, 1.82) is 0 Å². The molecule has 2 atom stereocenters. The fourth-order valence-electron chi connectivity index (χ4n) is 4.91. The Kier molecular flexibility index (Phi) is 4.40. The zero-order valence-electron chi connectivity index (χ0n) is 16.9. The van der Waals surface area contributed by atoms with Gasteiger partial charge in [0, 0.05) is 31.2 Å². The molecule has 2 fully saturated rings. The van der Waals surface area contributed by atoms with E-state index < -0.39 is 0 Å². The summed E-state index contributed by atoms with van der Waals surface area (Å²) >= 11 is 6.07. The first-order chi connectivity index (χ1) is 13.9. The normalized spacial score (nSPS) is 22.4. The van der Waals surface area contributed by atoms with Crippen LogP contribution >= 0.6 is 11.6 Å². The SMILES string of the molecule is Cc1cc(Cl)cc(O)c1-c1nc2nc(N3CC[C@H]4CCN(C)C[C@H]43)cnc2n1C. The van der Waals surface area contributed by atoms with E-state index in [2.05, 4.69) is 21.8 Å². The third-order valence-electron chi connectivity index (χ3n) is 6.43. The number of phenolic OH excluding ortho intramolecular Hbond substituents is 1. The van der Waals surface area contributed by atoms with Crippen LogP contribution in [-0.4, -0.2) is 62.2 Å². The molecule has 2 saturated heterocycles. The lowest BCUT2D eigenvalue weighted by Gasteiger charge is -2.36. The van der Waals surface area contributed by atoms with E-state index in [1.807, 2.05) is 30.8 Å². The van der Waals surface area contributed by atoms with Crippen LogP contribution in [0.25, 0.3) is 22.7 Å². The van der Waals surface area contributed by atoms with Gasteiger partial charge in [-0.1, -0.05) is 11.6 Å². The van der Waals surface area contributed by atoms with Crippen LogP contribution in [0.1, 0.15) is 18.4 Å². The third-order valence-corrected chi connectivity index (χ3v) is 6.65. The molecule has 7 nitrogen and oxygen atoms in total. The van der Waals surface area contributed by atoms with E-state index in [1.54, 1.807) is 6.07 Å². The standard InChI is InChI=1S/C21H25ClN6O/c1-12-8-14(22)9-16(29)18(12)20-25-19-21(27(20)3)23-10-17(24-19)28-7-5-13-4-6-26(2)11-15(13)28/h8-10,13,15,29H,4-7,11H2,1-3H3/t13-,15-/m1/s1. The number of aromatic hydroxyl groups is 1. The number of aromatic nitrogens is 4. The highest BCUT2D eigenvalue weighted by Crippen LogP contribution is 2.37. The molecule has 152 valence electrons. The number of likely N-dealkylation sites (N-methyl/N-ethyl adjacent to an activating group) is 1. The summed E-state index contributed by atoms with van der Waals surface area (Å²) in [5.41, 5.74) is 2.82. The number of halogens is 1. The van der Waals surface area contributed by atoms with Crippen LogP contribution in [0.2, 0.25) is 5.02 Å². The van der Waals surface area contributed by atoms with Gasteiger partial charge in [0.25, 0.3) is 0 Å². The summed E-state index contributed by atoms with van der Waals surface area (Å²) in [7, 11) is 4.09. The van der Waals surface area contributed by atoms with Gasteiger partial charge in [-0.2, -0.15) is 0 Å². The summed E-state index contributed by atoms with van der Waals surface area (Å²) in [4.78, 5) is 19.1. The van der Waals surface area contributed by atoms with Crippen LogP contribution in [0.4, 0.5) is 5.82 Å². The van der Waals surface area contributed by atoms with Gasteiger partial charge in [0.05, 0.1) is 11.8 Å². The first-order valence-corrected chi connectivity index (χ1v) is 10.4. The molecule has 8 heteroatoms. The number of phenols is 1. The predicted octanol–water partition coefficient (Wildman–Crippen LogP) is 3.23. The second-order valence-corrected chi connectivity index (χ2v) is 8.78. The van der Waals surface area contributed by atoms with E-state index in [0.717, 1.165) is 30.4 Å². The first kappa shape index (κ1) is 18.6. The Morgan fingerprint density at radius 2 is 1.93 bits per heavy atom. The highest BCUT2D eigenvalue weighted by molar-refractivity contribution is 6.31. The molecule has 0 aliphatic carbocycles. The lowest BCUT2D eigenvalue weighted by atomic mass is 9.92. The number of aryl methyl sites for hydroxylation is 2. The number of hydrogen-bond acceptors (Lipinski definition) is 6. The van der Waals surface area contributed by atoms with Crippen molar-refractivity contribution < 1.29 is 5.11 Å². The Morgan fingerprint density at radius 1 is 1.14 bits per heavy atom. The van der Waals surface area contributed by atoms with Crippen LogP contribution in [0, 0.1) is 12.8 Å². The molecular formula is C21H25ClN6O. The predicted molar refractivity (Wildman–Crippen MR) is 115 cm³/mol. The largest absolute Gasteiger partial charge is 0.507 e. The average molecular weight is 413 g/mol. The number of fused-ring (bicyclic) bond motifs is 2. The van der Waals surface area contributed by atoms with E-state index in [-0.39, 0.29) is 5.75 Å². The summed E-state index contributed by atoms with van der Waals surface area (Å²) in [6.45, 7) is 5.17. The van der Waals surface area contributed by atoms with Crippen LogP contribution in [0.5, 0.6) is 5.75 Å². The molecule has 2 aliphatic rings. The Balaban J connectivity index is 1.56. The van der Waals surface area contributed by atoms with E-state index >= 15 is 0 Å². The maximum atomic E-state index is 10.5. The molecule has 1 N–H and O–H groups in total. The van der Waals surface area contributed by atoms with Crippen molar-refractivity contribution in [2.24, 2.45) is 13.0 Å². The fraction of sp³-hybridized carbons (Fsp3) is 0.476. The van der Waals surface area contributed by atoms with Gasteiger partial charge in [0.2, 0.25) is 0 Å². The summed E-state index contributed by atoms with van der Waals surface area (Å²) in [6.07, 6.45) is 4.32. The van der Waals surface area contributed by atoms with E-state index in [4.69, 9.17) is 21.6 Å². The number of hydrogen-bond donors (Lipinski definition) is 1. The molecule has 0 unspecified atom stereocenters. The van der Waals surface area contributed by atoms with Gasteiger partial charge in [-0.05, 0) is 57.0 Å². The molecule has 0 spiro atoms. The smallest absolute Gasteiger partial charge is 0.200 e. The second-order valence-electron chi connectivity index (χ2n) is 8.35. The van der Waals surface area contributed by atoms with E-state index in [1.165, 1.54) is 19.4 Å². The van der Waals surface area contributed by atoms with Crippen molar-refractivity contribution in [2.75, 3.05) is 31.6 Å². The monoisotopic (exact) mass is 412 g/mol. The minimum atomic E-state index is 0.112. The van der Waals surface area contributed by atoms with Crippen LogP contribution in [0.3, 0.4) is 0 Å². The molecule has 0 radical (unpaired) electrons. The summed E-state index contributed by atoms with van der Waals surface area (Å²) in [5, 5.41) is 11.0. The van der Waals surface area contributed by atoms with Crippen molar-refractivity contribution in [3.8, 4) is 17.1 Å². The number of benzene rings is 1. The molecule has 29 heavy (non-hydrogen) atoms. The van der Waals surface area contributed by atoms with Gasteiger partial charge in [0.15, 0.2) is 11.3 Å². The van der Waals surface area contributed by atoms with Crippen molar-refractivity contribution in [1.82, 2.24) is 24.4 Å². The third kappa shape index (κ3) is 3.04. The minimum Gasteiger partial charge on any atom is -0.507 e. The molecule has 2 aromatic heterocycles. The van der Waals surface area contributed by atoms with Crippen molar-refractivity contribution in [3.05, 3.63) is 28.9 Å². The molecule has 3 aromatic rings. The molecule has 2 aliphatic heterocycles. The van der Waals surface area contributed by atoms with E-state index in [0.29, 0.717) is 33.7 Å². The van der Waals surface area contributed by atoms with Gasteiger partial charge < -0.3 is 19.5 Å². The zero-order chi connectivity index (χ0) is 20.3. The van der Waals surface area contributed by atoms with Gasteiger partial charge in [-0.25, -0.2) is 15.0 Å². The van der Waals surface area contributed by atoms with Crippen molar-refractivity contribution in [3.63, 3.8) is 0 Å². The van der Waals surface area contributed by atoms with Crippen LogP contribution in [0.15, 0.2) is 18.3 Å². The molecule has 5 rings (SSSR count). The lowest BCUT2D eigenvalue weighted by molar-refractivity contribution is 0.208.